The van der Waals surface area contributed by atoms with Gasteiger partial charge in [-0.05, 0) is 49.4 Å². The van der Waals surface area contributed by atoms with Gasteiger partial charge in [0.25, 0.3) is 5.91 Å². The first-order chi connectivity index (χ1) is 13.6. The van der Waals surface area contributed by atoms with Gasteiger partial charge in [0, 0.05) is 18.7 Å². The molecule has 1 aromatic heterocycles. The number of ether oxygens (including phenoxy) is 1. The lowest BCUT2D eigenvalue weighted by atomic mass is 10.1. The van der Waals surface area contributed by atoms with Crippen LogP contribution < -0.4 is 10.4 Å². The Hall–Kier alpha value is -2.35. The van der Waals surface area contributed by atoms with Crippen molar-refractivity contribution in [2.75, 3.05) is 24.7 Å². The summed E-state index contributed by atoms with van der Waals surface area (Å²) in [6.07, 6.45) is 0.457. The summed E-state index contributed by atoms with van der Waals surface area (Å²) >= 11 is 0. The summed E-state index contributed by atoms with van der Waals surface area (Å²) in [7, 11) is -3.10. The maximum absolute atomic E-state index is 12.9. The third-order valence-electron chi connectivity index (χ3n) is 5.03. The quantitative estimate of drug-likeness (QED) is 0.665. The molecule has 1 aromatic carbocycles. The van der Waals surface area contributed by atoms with Crippen molar-refractivity contribution >= 4 is 26.7 Å². The highest BCUT2D eigenvalue weighted by atomic mass is 32.2. The van der Waals surface area contributed by atoms with Crippen molar-refractivity contribution in [2.24, 2.45) is 5.92 Å². The molecule has 0 spiro atoms. The topological polar surface area (TPSA) is 93.9 Å². The number of hydrogen-bond donors (Lipinski definition) is 0. The van der Waals surface area contributed by atoms with E-state index in [0.29, 0.717) is 35.2 Å². The lowest BCUT2D eigenvalue weighted by molar-refractivity contribution is -0.135. The van der Waals surface area contributed by atoms with Gasteiger partial charge in [0.1, 0.15) is 11.3 Å². The Kier molecular flexibility index (Phi) is 6.03. The molecule has 0 bridgehead atoms. The monoisotopic (exact) mass is 421 g/mol. The van der Waals surface area contributed by atoms with E-state index in [4.69, 9.17) is 9.15 Å². The van der Waals surface area contributed by atoms with E-state index in [1.807, 2.05) is 20.8 Å². The molecular weight excluding hydrogens is 394 g/mol. The van der Waals surface area contributed by atoms with Crippen LogP contribution in [-0.2, 0) is 14.6 Å². The highest BCUT2D eigenvalue weighted by Gasteiger charge is 2.35. The van der Waals surface area contributed by atoms with Crippen molar-refractivity contribution in [1.82, 2.24) is 4.90 Å². The van der Waals surface area contributed by atoms with Crippen LogP contribution in [0.1, 0.15) is 31.4 Å². The van der Waals surface area contributed by atoms with Gasteiger partial charge in [0.05, 0.1) is 16.9 Å². The summed E-state index contributed by atoms with van der Waals surface area (Å²) in [5.41, 5.74) is 1.53. The minimum atomic E-state index is -3.10. The first-order valence-corrected chi connectivity index (χ1v) is 11.6. The maximum Gasteiger partial charge on any atom is 0.336 e. The second-order valence-corrected chi connectivity index (χ2v) is 10.4. The molecule has 29 heavy (non-hydrogen) atoms. The molecule has 1 atom stereocenters. The third kappa shape index (κ3) is 4.98. The zero-order chi connectivity index (χ0) is 21.3. The van der Waals surface area contributed by atoms with Crippen molar-refractivity contribution in [3.05, 3.63) is 39.7 Å². The fourth-order valence-corrected chi connectivity index (χ4v) is 5.51. The van der Waals surface area contributed by atoms with E-state index in [1.165, 1.54) is 6.07 Å². The molecule has 1 fully saturated rings. The minimum Gasteiger partial charge on any atom is -0.483 e. The van der Waals surface area contributed by atoms with Crippen LogP contribution in [0.25, 0.3) is 11.0 Å². The Morgan fingerprint density at radius 2 is 2.00 bits per heavy atom. The molecule has 2 heterocycles. The summed E-state index contributed by atoms with van der Waals surface area (Å²) in [6, 6.07) is 4.64. The van der Waals surface area contributed by atoms with Crippen molar-refractivity contribution < 1.29 is 22.4 Å². The number of nitrogens with zero attached hydrogens (tertiary/aromatic N) is 1. The zero-order valence-electron chi connectivity index (χ0n) is 17.2. The average molecular weight is 422 g/mol. The standard InChI is InChI=1S/C21H27NO6S/c1-13(2)10-22(16-5-6-29(25,26)12-16)19(23)11-27-17-7-14(3)8-18-21(17)15(4)9-20(24)28-18/h7-9,13,16H,5-6,10-12H2,1-4H3. The van der Waals surface area contributed by atoms with Crippen LogP contribution in [0, 0.1) is 19.8 Å². The lowest BCUT2D eigenvalue weighted by Crippen LogP contribution is -2.45. The van der Waals surface area contributed by atoms with Gasteiger partial charge in [-0.15, -0.1) is 0 Å². The second kappa shape index (κ2) is 8.18. The molecule has 0 radical (unpaired) electrons. The Balaban J connectivity index is 1.84. The van der Waals surface area contributed by atoms with Crippen LogP contribution >= 0.6 is 0 Å². The molecule has 1 unspecified atom stereocenters. The number of rotatable bonds is 6. The van der Waals surface area contributed by atoms with E-state index in [1.54, 1.807) is 24.0 Å². The predicted octanol–water partition coefficient (Wildman–Crippen LogP) is 2.46. The molecule has 1 saturated heterocycles. The predicted molar refractivity (Wildman–Crippen MR) is 111 cm³/mol. The van der Waals surface area contributed by atoms with Crippen LogP contribution in [0.4, 0.5) is 0 Å². The number of fused-ring (bicyclic) bond motifs is 1. The van der Waals surface area contributed by atoms with Crippen molar-refractivity contribution in [3.63, 3.8) is 0 Å². The van der Waals surface area contributed by atoms with Crippen LogP contribution in [0.15, 0.2) is 27.4 Å². The van der Waals surface area contributed by atoms with E-state index in [-0.39, 0.29) is 36.0 Å². The molecule has 1 aliphatic rings. The second-order valence-electron chi connectivity index (χ2n) is 8.17. The molecule has 158 valence electrons. The molecule has 7 nitrogen and oxygen atoms in total. The lowest BCUT2D eigenvalue weighted by Gasteiger charge is -2.30. The maximum atomic E-state index is 12.9. The summed E-state index contributed by atoms with van der Waals surface area (Å²) < 4.78 is 34.9. The fourth-order valence-electron chi connectivity index (χ4n) is 3.78. The molecule has 2 aromatic rings. The number of benzene rings is 1. The average Bonchev–Trinajstić information content (AvgIpc) is 2.95. The Morgan fingerprint density at radius 3 is 2.62 bits per heavy atom. The van der Waals surface area contributed by atoms with E-state index in [0.717, 1.165) is 5.56 Å². The van der Waals surface area contributed by atoms with Gasteiger partial charge in [0.2, 0.25) is 0 Å². The van der Waals surface area contributed by atoms with E-state index in [2.05, 4.69) is 0 Å². The van der Waals surface area contributed by atoms with Crippen molar-refractivity contribution in [1.29, 1.82) is 0 Å². The molecule has 0 N–H and O–H groups in total. The van der Waals surface area contributed by atoms with Crippen LogP contribution in [0.2, 0.25) is 0 Å². The highest BCUT2D eigenvalue weighted by molar-refractivity contribution is 7.91. The summed E-state index contributed by atoms with van der Waals surface area (Å²) in [5, 5.41) is 0.654. The molecule has 1 amide bonds. The normalized spacial score (nSPS) is 18.3. The van der Waals surface area contributed by atoms with Gasteiger partial charge in [-0.2, -0.15) is 0 Å². The number of amides is 1. The first-order valence-electron chi connectivity index (χ1n) is 9.73. The van der Waals surface area contributed by atoms with Gasteiger partial charge in [-0.1, -0.05) is 13.8 Å². The van der Waals surface area contributed by atoms with E-state index in [9.17, 15) is 18.0 Å². The van der Waals surface area contributed by atoms with Gasteiger partial charge < -0.3 is 14.1 Å². The Labute approximate surface area is 170 Å². The van der Waals surface area contributed by atoms with E-state index >= 15 is 0 Å². The molecule has 3 rings (SSSR count). The number of sulfone groups is 1. The smallest absolute Gasteiger partial charge is 0.336 e. The first kappa shape index (κ1) is 21.4. The van der Waals surface area contributed by atoms with Gasteiger partial charge in [-0.3, -0.25) is 4.79 Å². The molecule has 0 saturated carbocycles. The van der Waals surface area contributed by atoms with Gasteiger partial charge in [0.15, 0.2) is 16.4 Å². The van der Waals surface area contributed by atoms with Crippen LogP contribution in [0.5, 0.6) is 5.75 Å². The molecule has 1 aliphatic heterocycles. The summed E-state index contributed by atoms with van der Waals surface area (Å²) in [5.74, 6) is 0.548. The number of hydrogen-bond acceptors (Lipinski definition) is 6. The Bertz CT molecular complexity index is 1090. The molecule has 8 heteroatoms. The number of carbonyl (C=O) groups is 1. The van der Waals surface area contributed by atoms with E-state index < -0.39 is 15.5 Å². The minimum absolute atomic E-state index is 0.00308. The summed E-state index contributed by atoms with van der Waals surface area (Å²) in [6.45, 7) is 7.89. The fraction of sp³-hybridized carbons (Fsp3) is 0.524. The summed E-state index contributed by atoms with van der Waals surface area (Å²) in [4.78, 5) is 26.2. The Morgan fingerprint density at radius 1 is 1.28 bits per heavy atom. The third-order valence-corrected chi connectivity index (χ3v) is 6.78. The molecule has 0 aliphatic carbocycles. The van der Waals surface area contributed by atoms with Crippen molar-refractivity contribution in [3.8, 4) is 5.75 Å². The van der Waals surface area contributed by atoms with Crippen molar-refractivity contribution in [2.45, 2.75) is 40.2 Å². The SMILES string of the molecule is Cc1cc(OCC(=O)N(CC(C)C)C2CCS(=O)(=O)C2)c2c(C)cc(=O)oc2c1. The molecular formula is C21H27NO6S. The number of carbonyl (C=O) groups excluding carboxylic acids is 1. The number of aryl methyl sites for hydroxylation is 2. The highest BCUT2D eigenvalue weighted by Crippen LogP contribution is 2.29. The van der Waals surface area contributed by atoms with Crippen LogP contribution in [-0.4, -0.2) is 49.9 Å². The van der Waals surface area contributed by atoms with Gasteiger partial charge >= 0.3 is 5.63 Å². The largest absolute Gasteiger partial charge is 0.483 e. The van der Waals surface area contributed by atoms with Crippen LogP contribution in [0.3, 0.4) is 0 Å². The zero-order valence-corrected chi connectivity index (χ0v) is 18.0. The van der Waals surface area contributed by atoms with Gasteiger partial charge in [-0.25, -0.2) is 13.2 Å².